The van der Waals surface area contributed by atoms with E-state index in [9.17, 15) is 14.4 Å². The van der Waals surface area contributed by atoms with Gasteiger partial charge in [0.2, 0.25) is 0 Å². The fourth-order valence-corrected chi connectivity index (χ4v) is 2.32. The van der Waals surface area contributed by atoms with Crippen LogP contribution in [0.1, 0.15) is 38.0 Å². The summed E-state index contributed by atoms with van der Waals surface area (Å²) in [7, 11) is 1.56. The average Bonchev–Trinajstić information content (AvgIpc) is 2.68. The first kappa shape index (κ1) is 20.1. The van der Waals surface area contributed by atoms with Crippen LogP contribution in [-0.4, -0.2) is 44.7 Å². The summed E-state index contributed by atoms with van der Waals surface area (Å²) < 4.78 is 9.87. The van der Waals surface area contributed by atoms with E-state index in [1.807, 2.05) is 0 Å². The van der Waals surface area contributed by atoms with Gasteiger partial charge in [0.15, 0.2) is 0 Å². The second-order valence-corrected chi connectivity index (χ2v) is 5.55. The Bertz CT molecular complexity index is 802. The molecule has 27 heavy (non-hydrogen) atoms. The zero-order chi connectivity index (χ0) is 19.6. The van der Waals surface area contributed by atoms with E-state index >= 15 is 0 Å². The van der Waals surface area contributed by atoms with Crippen LogP contribution in [0.2, 0.25) is 0 Å². The van der Waals surface area contributed by atoms with E-state index in [0.717, 1.165) is 0 Å². The summed E-state index contributed by atoms with van der Waals surface area (Å²) in [6, 6.07) is 12.8. The Morgan fingerprint density at radius 2 is 1.56 bits per heavy atom. The molecule has 0 unspecified atom stereocenters. The van der Waals surface area contributed by atoms with Gasteiger partial charge in [-0.05, 0) is 43.3 Å². The predicted octanol–water partition coefficient (Wildman–Crippen LogP) is 2.49. The lowest BCUT2D eigenvalue weighted by Gasteiger charge is -2.10. The second-order valence-electron chi connectivity index (χ2n) is 5.55. The Morgan fingerprint density at radius 1 is 0.926 bits per heavy atom. The molecule has 0 aromatic heterocycles. The molecular weight excluding hydrogens is 348 g/mol. The summed E-state index contributed by atoms with van der Waals surface area (Å²) in [6.07, 6.45) is 0. The molecule has 2 aromatic rings. The van der Waals surface area contributed by atoms with Crippen molar-refractivity contribution in [3.63, 3.8) is 0 Å². The Hall–Kier alpha value is -3.19. The van der Waals surface area contributed by atoms with Gasteiger partial charge in [-0.2, -0.15) is 0 Å². The smallest absolute Gasteiger partial charge is 0.340 e. The van der Waals surface area contributed by atoms with Gasteiger partial charge < -0.3 is 20.1 Å². The molecule has 142 valence electrons. The standard InChI is InChI=1S/C20H22N2O5/c1-3-27-20(25)16-6-4-5-7-17(16)22-19(24)15-10-8-14(9-11-15)18(23)21-12-13-26-2/h4-11H,3,12-13H2,1-2H3,(H,21,23)(H,22,24). The van der Waals surface area contributed by atoms with E-state index in [1.54, 1.807) is 62.6 Å². The highest BCUT2D eigenvalue weighted by atomic mass is 16.5. The predicted molar refractivity (Wildman–Crippen MR) is 101 cm³/mol. The maximum absolute atomic E-state index is 12.5. The van der Waals surface area contributed by atoms with E-state index in [-0.39, 0.29) is 18.1 Å². The van der Waals surface area contributed by atoms with Crippen LogP contribution in [0.25, 0.3) is 0 Å². The number of esters is 1. The number of para-hydroxylation sites is 1. The van der Waals surface area contributed by atoms with Gasteiger partial charge in [-0.15, -0.1) is 0 Å². The quantitative estimate of drug-likeness (QED) is 0.550. The number of carbonyl (C=O) groups excluding carboxylic acids is 3. The topological polar surface area (TPSA) is 93.7 Å². The highest BCUT2D eigenvalue weighted by Gasteiger charge is 2.15. The SMILES string of the molecule is CCOC(=O)c1ccccc1NC(=O)c1ccc(C(=O)NCCOC)cc1. The monoisotopic (exact) mass is 370 g/mol. The minimum Gasteiger partial charge on any atom is -0.462 e. The van der Waals surface area contributed by atoms with Gasteiger partial charge in [0.1, 0.15) is 0 Å². The van der Waals surface area contributed by atoms with Crippen molar-refractivity contribution in [2.45, 2.75) is 6.92 Å². The number of amides is 2. The van der Waals surface area contributed by atoms with Crippen molar-refractivity contribution in [3.05, 3.63) is 65.2 Å². The minimum atomic E-state index is -0.503. The van der Waals surface area contributed by atoms with E-state index in [0.29, 0.717) is 30.0 Å². The molecule has 0 aliphatic heterocycles. The summed E-state index contributed by atoms with van der Waals surface area (Å²) in [5.74, 6) is -1.14. The molecule has 7 nitrogen and oxygen atoms in total. The molecule has 2 N–H and O–H groups in total. The molecule has 0 aliphatic rings. The number of anilines is 1. The number of methoxy groups -OCH3 is 1. The van der Waals surface area contributed by atoms with Gasteiger partial charge in [-0.1, -0.05) is 12.1 Å². The van der Waals surface area contributed by atoms with Gasteiger partial charge in [0.05, 0.1) is 24.5 Å². The molecular formula is C20H22N2O5. The highest BCUT2D eigenvalue weighted by molar-refractivity contribution is 6.08. The Labute approximate surface area is 157 Å². The van der Waals surface area contributed by atoms with Gasteiger partial charge in [0, 0.05) is 24.8 Å². The fourth-order valence-electron chi connectivity index (χ4n) is 2.32. The molecule has 0 atom stereocenters. The van der Waals surface area contributed by atoms with Crippen LogP contribution in [0.5, 0.6) is 0 Å². The number of hydrogen-bond donors (Lipinski definition) is 2. The van der Waals surface area contributed by atoms with Crippen molar-refractivity contribution in [2.75, 3.05) is 32.2 Å². The second kappa shape index (κ2) is 10.1. The number of rotatable bonds is 8. The number of benzene rings is 2. The van der Waals surface area contributed by atoms with E-state index in [2.05, 4.69) is 10.6 Å². The van der Waals surface area contributed by atoms with E-state index in [4.69, 9.17) is 9.47 Å². The summed E-state index contributed by atoms with van der Waals surface area (Å²) in [4.78, 5) is 36.4. The zero-order valence-electron chi connectivity index (χ0n) is 15.3. The molecule has 7 heteroatoms. The lowest BCUT2D eigenvalue weighted by atomic mass is 10.1. The average molecular weight is 370 g/mol. The molecule has 2 amide bonds. The fraction of sp³-hybridized carbons (Fsp3) is 0.250. The molecule has 0 spiro atoms. The van der Waals surface area contributed by atoms with Crippen molar-refractivity contribution in [1.29, 1.82) is 0 Å². The third kappa shape index (κ3) is 5.65. The molecule has 0 aliphatic carbocycles. The number of nitrogens with one attached hydrogen (secondary N) is 2. The summed E-state index contributed by atoms with van der Waals surface area (Å²) >= 11 is 0. The van der Waals surface area contributed by atoms with E-state index < -0.39 is 11.9 Å². The van der Waals surface area contributed by atoms with Gasteiger partial charge >= 0.3 is 5.97 Å². The minimum absolute atomic E-state index is 0.244. The van der Waals surface area contributed by atoms with Crippen LogP contribution >= 0.6 is 0 Å². The Morgan fingerprint density at radius 3 is 2.19 bits per heavy atom. The van der Waals surface area contributed by atoms with Crippen molar-refractivity contribution >= 4 is 23.5 Å². The largest absolute Gasteiger partial charge is 0.462 e. The number of ether oxygens (including phenoxy) is 2. The van der Waals surface area contributed by atoms with Crippen molar-refractivity contribution in [3.8, 4) is 0 Å². The summed E-state index contributed by atoms with van der Waals surface area (Å²) in [6.45, 7) is 2.79. The summed E-state index contributed by atoms with van der Waals surface area (Å²) in [5.41, 5.74) is 1.45. The molecule has 0 radical (unpaired) electrons. The van der Waals surface area contributed by atoms with Crippen LogP contribution in [0.15, 0.2) is 48.5 Å². The van der Waals surface area contributed by atoms with E-state index in [1.165, 1.54) is 0 Å². The van der Waals surface area contributed by atoms with Crippen molar-refractivity contribution < 1.29 is 23.9 Å². The third-order valence-corrected chi connectivity index (χ3v) is 3.67. The third-order valence-electron chi connectivity index (χ3n) is 3.67. The van der Waals surface area contributed by atoms with Crippen molar-refractivity contribution in [1.82, 2.24) is 5.32 Å². The first-order valence-corrected chi connectivity index (χ1v) is 8.51. The first-order valence-electron chi connectivity index (χ1n) is 8.51. The first-order chi connectivity index (χ1) is 13.1. The molecule has 0 saturated carbocycles. The van der Waals surface area contributed by atoms with Crippen LogP contribution < -0.4 is 10.6 Å². The lowest BCUT2D eigenvalue weighted by molar-refractivity contribution is 0.0527. The Balaban J connectivity index is 2.07. The van der Waals surface area contributed by atoms with Gasteiger partial charge in [0.25, 0.3) is 11.8 Å². The normalized spacial score (nSPS) is 10.1. The molecule has 0 bridgehead atoms. The molecule has 2 aromatic carbocycles. The zero-order valence-corrected chi connectivity index (χ0v) is 15.3. The van der Waals surface area contributed by atoms with Crippen LogP contribution in [-0.2, 0) is 9.47 Å². The molecule has 0 fully saturated rings. The lowest BCUT2D eigenvalue weighted by Crippen LogP contribution is -2.27. The van der Waals surface area contributed by atoms with Crippen LogP contribution in [0.4, 0.5) is 5.69 Å². The van der Waals surface area contributed by atoms with Gasteiger partial charge in [-0.25, -0.2) is 4.79 Å². The van der Waals surface area contributed by atoms with Crippen LogP contribution in [0, 0.1) is 0 Å². The maximum Gasteiger partial charge on any atom is 0.340 e. The number of hydrogen-bond acceptors (Lipinski definition) is 5. The summed E-state index contributed by atoms with van der Waals surface area (Å²) in [5, 5.41) is 5.40. The molecule has 2 rings (SSSR count). The highest BCUT2D eigenvalue weighted by Crippen LogP contribution is 2.17. The van der Waals surface area contributed by atoms with Crippen molar-refractivity contribution in [2.24, 2.45) is 0 Å². The molecule has 0 saturated heterocycles. The molecule has 0 heterocycles. The van der Waals surface area contributed by atoms with Crippen LogP contribution in [0.3, 0.4) is 0 Å². The number of carbonyl (C=O) groups is 3. The van der Waals surface area contributed by atoms with Gasteiger partial charge in [-0.3, -0.25) is 9.59 Å². The Kier molecular flexibility index (Phi) is 7.51. The maximum atomic E-state index is 12.5.